The average Bonchev–Trinajstić information content (AvgIpc) is 2.30. The highest BCUT2D eigenvalue weighted by Crippen LogP contribution is 2.01. The molecule has 1 atom stereocenters. The lowest BCUT2D eigenvalue weighted by Crippen LogP contribution is -2.31. The molecule has 0 aliphatic heterocycles. The molecule has 1 N–H and O–H groups in total. The van der Waals surface area contributed by atoms with E-state index in [4.69, 9.17) is 4.74 Å². The van der Waals surface area contributed by atoms with Crippen molar-refractivity contribution in [3.05, 3.63) is 42.0 Å². The summed E-state index contributed by atoms with van der Waals surface area (Å²) in [5.74, 6) is 0. The normalized spacial score (nSPS) is 13.4. The Morgan fingerprint density at radius 2 is 2.06 bits per heavy atom. The molecule has 0 bridgehead atoms. The van der Waals surface area contributed by atoms with Crippen molar-refractivity contribution in [3.8, 4) is 0 Å². The minimum atomic E-state index is -0.421. The lowest BCUT2D eigenvalue weighted by Gasteiger charge is -2.18. The molecule has 3 heteroatoms. The number of nitrogens with zero attached hydrogens (tertiary/aromatic N) is 1. The predicted molar refractivity (Wildman–Crippen MR) is 70.9 cm³/mol. The van der Waals surface area contributed by atoms with E-state index in [9.17, 15) is 5.11 Å². The summed E-state index contributed by atoms with van der Waals surface area (Å²) in [6.45, 7) is 1.81. The Hall–Kier alpha value is -1.16. The highest BCUT2D eigenvalue weighted by molar-refractivity contribution is 5.48. The van der Waals surface area contributed by atoms with Crippen LogP contribution >= 0.6 is 0 Å². The van der Waals surface area contributed by atoms with Crippen LogP contribution < -0.4 is 0 Å². The first-order valence-electron chi connectivity index (χ1n) is 5.79. The quantitative estimate of drug-likeness (QED) is 0.780. The first-order valence-corrected chi connectivity index (χ1v) is 5.79. The van der Waals surface area contributed by atoms with Gasteiger partial charge in [-0.25, -0.2) is 0 Å². The van der Waals surface area contributed by atoms with Gasteiger partial charge in [0.2, 0.25) is 0 Å². The zero-order chi connectivity index (χ0) is 12.5. The van der Waals surface area contributed by atoms with Crippen molar-refractivity contribution in [1.29, 1.82) is 0 Å². The van der Waals surface area contributed by atoms with E-state index < -0.39 is 6.10 Å². The second kappa shape index (κ2) is 8.01. The Morgan fingerprint density at radius 1 is 1.35 bits per heavy atom. The molecule has 0 amide bonds. The molecule has 0 saturated carbocycles. The Balaban J connectivity index is 2.28. The Kier molecular flexibility index (Phi) is 6.55. The Labute approximate surface area is 103 Å². The maximum absolute atomic E-state index is 9.55. The summed E-state index contributed by atoms with van der Waals surface area (Å²) < 4.78 is 4.88. The summed E-state index contributed by atoms with van der Waals surface area (Å²) in [7, 11) is 3.58. The van der Waals surface area contributed by atoms with Crippen molar-refractivity contribution >= 4 is 6.08 Å². The third kappa shape index (κ3) is 6.22. The molecule has 0 spiro atoms. The van der Waals surface area contributed by atoms with Crippen LogP contribution in [0.1, 0.15) is 5.56 Å². The van der Waals surface area contributed by atoms with E-state index in [2.05, 4.69) is 29.2 Å². The molecule has 0 saturated heterocycles. The van der Waals surface area contributed by atoms with E-state index in [0.717, 1.165) is 6.54 Å². The van der Waals surface area contributed by atoms with E-state index in [-0.39, 0.29) is 0 Å². The molecule has 17 heavy (non-hydrogen) atoms. The topological polar surface area (TPSA) is 32.7 Å². The largest absolute Gasteiger partial charge is 0.389 e. The first kappa shape index (κ1) is 13.9. The summed E-state index contributed by atoms with van der Waals surface area (Å²) >= 11 is 0. The summed E-state index contributed by atoms with van der Waals surface area (Å²) in [5.41, 5.74) is 1.19. The van der Waals surface area contributed by atoms with Crippen LogP contribution in [0.4, 0.5) is 0 Å². The van der Waals surface area contributed by atoms with Gasteiger partial charge in [-0.15, -0.1) is 0 Å². The minimum absolute atomic E-state index is 0.382. The van der Waals surface area contributed by atoms with Gasteiger partial charge >= 0.3 is 0 Å². The molecule has 0 fully saturated rings. The molecule has 0 radical (unpaired) electrons. The fourth-order valence-corrected chi connectivity index (χ4v) is 1.61. The molecule has 0 aliphatic rings. The third-order valence-corrected chi connectivity index (χ3v) is 2.41. The van der Waals surface area contributed by atoms with Crippen LogP contribution in [0.2, 0.25) is 0 Å². The van der Waals surface area contributed by atoms with Gasteiger partial charge in [0.05, 0.1) is 12.7 Å². The molecule has 1 rings (SSSR count). The van der Waals surface area contributed by atoms with Crippen molar-refractivity contribution in [2.45, 2.75) is 6.10 Å². The van der Waals surface area contributed by atoms with Gasteiger partial charge in [-0.3, -0.25) is 0 Å². The summed E-state index contributed by atoms with van der Waals surface area (Å²) in [5, 5.41) is 9.55. The standard InChI is InChI=1S/C14H21NO2/c1-15(11-14(16)12-17-2)10-6-9-13-7-4-3-5-8-13/h3-9,14,16H,10-12H2,1-2H3. The van der Waals surface area contributed by atoms with Crippen LogP contribution in [0, 0.1) is 0 Å². The molecule has 1 aromatic carbocycles. The maximum Gasteiger partial charge on any atom is 0.0900 e. The zero-order valence-corrected chi connectivity index (χ0v) is 10.5. The summed E-state index contributed by atoms with van der Waals surface area (Å²) in [6.07, 6.45) is 3.75. The monoisotopic (exact) mass is 235 g/mol. The number of methoxy groups -OCH3 is 1. The van der Waals surface area contributed by atoms with Crippen molar-refractivity contribution in [3.63, 3.8) is 0 Å². The van der Waals surface area contributed by atoms with E-state index >= 15 is 0 Å². The zero-order valence-electron chi connectivity index (χ0n) is 10.5. The van der Waals surface area contributed by atoms with Crippen molar-refractivity contribution in [2.24, 2.45) is 0 Å². The number of likely N-dealkylation sites (N-methyl/N-ethyl adjacent to an activating group) is 1. The second-order valence-corrected chi connectivity index (χ2v) is 4.14. The number of hydrogen-bond acceptors (Lipinski definition) is 3. The van der Waals surface area contributed by atoms with Crippen LogP contribution in [-0.2, 0) is 4.74 Å². The van der Waals surface area contributed by atoms with E-state index in [1.165, 1.54) is 5.56 Å². The van der Waals surface area contributed by atoms with Crippen LogP contribution in [0.5, 0.6) is 0 Å². The first-order chi connectivity index (χ1) is 8.22. The van der Waals surface area contributed by atoms with Gasteiger partial charge in [-0.2, -0.15) is 0 Å². The van der Waals surface area contributed by atoms with E-state index in [1.807, 2.05) is 25.2 Å². The minimum Gasteiger partial charge on any atom is -0.389 e. The highest BCUT2D eigenvalue weighted by Gasteiger charge is 2.05. The average molecular weight is 235 g/mol. The van der Waals surface area contributed by atoms with Gasteiger partial charge in [0.1, 0.15) is 0 Å². The molecule has 0 aromatic heterocycles. The lowest BCUT2D eigenvalue weighted by atomic mass is 10.2. The van der Waals surface area contributed by atoms with Gasteiger partial charge in [0.15, 0.2) is 0 Å². The fraction of sp³-hybridized carbons (Fsp3) is 0.429. The second-order valence-electron chi connectivity index (χ2n) is 4.14. The summed E-state index contributed by atoms with van der Waals surface area (Å²) in [6, 6.07) is 10.2. The molecular formula is C14H21NO2. The third-order valence-electron chi connectivity index (χ3n) is 2.41. The van der Waals surface area contributed by atoms with Gasteiger partial charge in [0, 0.05) is 20.2 Å². The Morgan fingerprint density at radius 3 is 2.71 bits per heavy atom. The number of benzene rings is 1. The van der Waals surface area contributed by atoms with Gasteiger partial charge in [0.25, 0.3) is 0 Å². The Bertz CT molecular complexity index is 324. The van der Waals surface area contributed by atoms with Crippen LogP contribution in [-0.4, -0.2) is 50.0 Å². The number of hydrogen-bond donors (Lipinski definition) is 1. The highest BCUT2D eigenvalue weighted by atomic mass is 16.5. The number of aliphatic hydroxyl groups is 1. The molecular weight excluding hydrogens is 214 g/mol. The molecule has 0 heterocycles. The fourth-order valence-electron chi connectivity index (χ4n) is 1.61. The van der Waals surface area contributed by atoms with E-state index in [1.54, 1.807) is 7.11 Å². The number of aliphatic hydroxyl groups excluding tert-OH is 1. The SMILES string of the molecule is COCC(O)CN(C)CC=Cc1ccccc1. The van der Waals surface area contributed by atoms with Crippen molar-refractivity contribution < 1.29 is 9.84 Å². The molecule has 0 aliphatic carbocycles. The number of rotatable bonds is 7. The smallest absolute Gasteiger partial charge is 0.0900 e. The van der Waals surface area contributed by atoms with Gasteiger partial charge in [-0.1, -0.05) is 42.5 Å². The predicted octanol–water partition coefficient (Wildman–Crippen LogP) is 1.64. The maximum atomic E-state index is 9.55. The van der Waals surface area contributed by atoms with Crippen LogP contribution in [0.3, 0.4) is 0 Å². The van der Waals surface area contributed by atoms with Crippen molar-refractivity contribution in [2.75, 3.05) is 33.9 Å². The van der Waals surface area contributed by atoms with Crippen molar-refractivity contribution in [1.82, 2.24) is 4.90 Å². The lowest BCUT2D eigenvalue weighted by molar-refractivity contribution is 0.0454. The number of ether oxygens (including phenoxy) is 1. The van der Waals surface area contributed by atoms with Crippen LogP contribution in [0.15, 0.2) is 36.4 Å². The van der Waals surface area contributed by atoms with E-state index in [0.29, 0.717) is 13.2 Å². The molecule has 94 valence electrons. The van der Waals surface area contributed by atoms with Gasteiger partial charge in [-0.05, 0) is 12.6 Å². The molecule has 3 nitrogen and oxygen atoms in total. The molecule has 1 aromatic rings. The molecule has 1 unspecified atom stereocenters. The van der Waals surface area contributed by atoms with Gasteiger partial charge < -0.3 is 14.7 Å². The summed E-state index contributed by atoms with van der Waals surface area (Å²) in [4.78, 5) is 2.06. The van der Waals surface area contributed by atoms with Crippen LogP contribution in [0.25, 0.3) is 6.08 Å².